The molecule has 1 amide bonds. The first-order chi connectivity index (χ1) is 10.7. The molecule has 1 saturated carbocycles. The third-order valence-corrected chi connectivity index (χ3v) is 3.62. The molecule has 1 aromatic carbocycles. The van der Waals surface area contributed by atoms with Crippen LogP contribution < -0.4 is 10.1 Å². The van der Waals surface area contributed by atoms with Gasteiger partial charge in [-0.3, -0.25) is 4.79 Å². The highest BCUT2D eigenvalue weighted by molar-refractivity contribution is 5.76. The Kier molecular flexibility index (Phi) is 4.37. The Balaban J connectivity index is 1.43. The quantitative estimate of drug-likeness (QED) is 0.848. The second-order valence-corrected chi connectivity index (χ2v) is 5.45. The molecule has 1 fully saturated rings. The molecule has 1 aliphatic rings. The van der Waals surface area contributed by atoms with Crippen molar-refractivity contribution in [2.24, 2.45) is 0 Å². The van der Waals surface area contributed by atoms with Crippen LogP contribution in [0.2, 0.25) is 0 Å². The van der Waals surface area contributed by atoms with E-state index in [0.29, 0.717) is 31.2 Å². The fourth-order valence-electron chi connectivity index (χ4n) is 2.17. The summed E-state index contributed by atoms with van der Waals surface area (Å²) in [6, 6.07) is 7.62. The number of methoxy groups -OCH3 is 1. The molecule has 22 heavy (non-hydrogen) atoms. The highest BCUT2D eigenvalue weighted by atomic mass is 16.5. The van der Waals surface area contributed by atoms with Crippen LogP contribution in [0.3, 0.4) is 0 Å². The number of aryl methyl sites for hydroxylation is 1. The Morgan fingerprint density at radius 2 is 2.32 bits per heavy atom. The normalized spacial score (nSPS) is 13.9. The Morgan fingerprint density at radius 3 is 3.09 bits per heavy atom. The zero-order valence-corrected chi connectivity index (χ0v) is 12.5. The number of carbonyl (C=O) groups excluding carboxylic acids is 1. The third-order valence-electron chi connectivity index (χ3n) is 3.62. The van der Waals surface area contributed by atoms with Gasteiger partial charge < -0.3 is 14.6 Å². The maximum Gasteiger partial charge on any atom is 0.227 e. The van der Waals surface area contributed by atoms with Crippen LogP contribution in [-0.4, -0.2) is 23.2 Å². The number of amides is 1. The molecule has 0 bridgehead atoms. The van der Waals surface area contributed by atoms with Gasteiger partial charge in [-0.05, 0) is 30.5 Å². The van der Waals surface area contributed by atoms with Gasteiger partial charge in [-0.15, -0.1) is 0 Å². The molecule has 1 heterocycles. The van der Waals surface area contributed by atoms with E-state index in [4.69, 9.17) is 9.26 Å². The summed E-state index contributed by atoms with van der Waals surface area (Å²) in [5.41, 5.74) is 1.00. The summed E-state index contributed by atoms with van der Waals surface area (Å²) in [6.07, 6.45) is 3.10. The average Bonchev–Trinajstić information content (AvgIpc) is 3.30. The third kappa shape index (κ3) is 3.84. The van der Waals surface area contributed by atoms with Crippen LogP contribution in [0, 0.1) is 0 Å². The minimum atomic E-state index is -0.0333. The van der Waals surface area contributed by atoms with Crippen molar-refractivity contribution < 1.29 is 14.1 Å². The van der Waals surface area contributed by atoms with Gasteiger partial charge in [-0.1, -0.05) is 17.3 Å². The van der Waals surface area contributed by atoms with Gasteiger partial charge in [-0.2, -0.15) is 4.98 Å². The van der Waals surface area contributed by atoms with E-state index in [0.717, 1.165) is 30.0 Å². The van der Waals surface area contributed by atoms with E-state index in [9.17, 15) is 4.79 Å². The lowest BCUT2D eigenvalue weighted by atomic mass is 10.2. The number of ether oxygens (including phenoxy) is 1. The number of aromatic nitrogens is 2. The van der Waals surface area contributed by atoms with E-state index in [-0.39, 0.29) is 5.91 Å². The van der Waals surface area contributed by atoms with Gasteiger partial charge in [0.25, 0.3) is 0 Å². The lowest BCUT2D eigenvalue weighted by molar-refractivity contribution is -0.121. The van der Waals surface area contributed by atoms with Crippen LogP contribution in [-0.2, 0) is 17.8 Å². The van der Waals surface area contributed by atoms with Crippen LogP contribution >= 0.6 is 0 Å². The second kappa shape index (κ2) is 6.60. The molecule has 2 aromatic rings. The van der Waals surface area contributed by atoms with Gasteiger partial charge in [0.1, 0.15) is 5.75 Å². The molecule has 6 nitrogen and oxygen atoms in total. The molecule has 116 valence electrons. The molecular weight excluding hydrogens is 282 g/mol. The number of benzene rings is 1. The van der Waals surface area contributed by atoms with Gasteiger partial charge in [-0.25, -0.2) is 0 Å². The van der Waals surface area contributed by atoms with E-state index in [1.54, 1.807) is 7.11 Å². The van der Waals surface area contributed by atoms with Crippen molar-refractivity contribution in [2.75, 3.05) is 7.11 Å². The summed E-state index contributed by atoms with van der Waals surface area (Å²) >= 11 is 0. The number of carbonyl (C=O) groups is 1. The molecule has 0 unspecified atom stereocenters. The van der Waals surface area contributed by atoms with Crippen LogP contribution in [0.15, 0.2) is 28.8 Å². The molecule has 6 heteroatoms. The molecule has 0 aliphatic heterocycles. The fourth-order valence-corrected chi connectivity index (χ4v) is 2.17. The highest BCUT2D eigenvalue weighted by Gasteiger charge is 2.28. The smallest absolute Gasteiger partial charge is 0.227 e. The molecule has 0 spiro atoms. The molecule has 1 N–H and O–H groups in total. The van der Waals surface area contributed by atoms with Gasteiger partial charge in [0.15, 0.2) is 5.82 Å². The average molecular weight is 301 g/mol. The van der Waals surface area contributed by atoms with Crippen LogP contribution in [0.25, 0.3) is 0 Å². The van der Waals surface area contributed by atoms with Gasteiger partial charge >= 0.3 is 0 Å². The van der Waals surface area contributed by atoms with Crippen LogP contribution in [0.4, 0.5) is 0 Å². The zero-order valence-electron chi connectivity index (χ0n) is 12.5. The molecule has 0 radical (unpaired) electrons. The Bertz CT molecular complexity index is 650. The Labute approximate surface area is 128 Å². The Hall–Kier alpha value is -2.37. The van der Waals surface area contributed by atoms with E-state index < -0.39 is 0 Å². The Morgan fingerprint density at radius 1 is 1.45 bits per heavy atom. The first-order valence-electron chi connectivity index (χ1n) is 7.46. The van der Waals surface area contributed by atoms with E-state index in [1.165, 1.54) is 0 Å². The summed E-state index contributed by atoms with van der Waals surface area (Å²) in [5, 5.41) is 6.82. The number of nitrogens with one attached hydrogen (secondary N) is 1. The SMILES string of the molecule is COc1cccc(CNC(=O)CCc2nc(C3CC3)no2)c1. The predicted octanol–water partition coefficient (Wildman–Crippen LogP) is 2.20. The maximum atomic E-state index is 11.9. The van der Waals surface area contributed by atoms with Crippen molar-refractivity contribution in [1.82, 2.24) is 15.5 Å². The summed E-state index contributed by atoms with van der Waals surface area (Å²) < 4.78 is 10.3. The largest absolute Gasteiger partial charge is 0.497 e. The first-order valence-corrected chi connectivity index (χ1v) is 7.46. The standard InChI is InChI=1S/C16H19N3O3/c1-21-13-4-2-3-11(9-13)10-17-14(20)7-8-15-18-16(19-22-15)12-5-6-12/h2-4,9,12H,5-8,10H2,1H3,(H,17,20). The molecule has 1 aromatic heterocycles. The van der Waals surface area contributed by atoms with Gasteiger partial charge in [0.2, 0.25) is 11.8 Å². The topological polar surface area (TPSA) is 77.2 Å². The van der Waals surface area contributed by atoms with Crippen LogP contribution in [0.5, 0.6) is 5.75 Å². The fraction of sp³-hybridized carbons (Fsp3) is 0.438. The molecule has 0 saturated heterocycles. The summed E-state index contributed by atoms with van der Waals surface area (Å²) in [4.78, 5) is 16.2. The summed E-state index contributed by atoms with van der Waals surface area (Å²) in [6.45, 7) is 0.479. The van der Waals surface area contributed by atoms with Crippen molar-refractivity contribution >= 4 is 5.91 Å². The van der Waals surface area contributed by atoms with Crippen molar-refractivity contribution in [3.8, 4) is 5.75 Å². The predicted molar refractivity (Wildman–Crippen MR) is 79.4 cm³/mol. The highest BCUT2D eigenvalue weighted by Crippen LogP contribution is 2.38. The minimum Gasteiger partial charge on any atom is -0.497 e. The lowest BCUT2D eigenvalue weighted by Gasteiger charge is -2.06. The van der Waals surface area contributed by atoms with E-state index in [1.807, 2.05) is 24.3 Å². The molecule has 3 rings (SSSR count). The number of rotatable bonds is 7. The van der Waals surface area contributed by atoms with Crippen molar-refractivity contribution in [3.63, 3.8) is 0 Å². The number of nitrogens with zero attached hydrogens (tertiary/aromatic N) is 2. The van der Waals surface area contributed by atoms with Gasteiger partial charge in [0.05, 0.1) is 7.11 Å². The number of hydrogen-bond acceptors (Lipinski definition) is 5. The van der Waals surface area contributed by atoms with Crippen LogP contribution in [0.1, 0.15) is 42.5 Å². The van der Waals surface area contributed by atoms with E-state index >= 15 is 0 Å². The first kappa shape index (κ1) is 14.6. The van der Waals surface area contributed by atoms with Gasteiger partial charge in [0, 0.05) is 25.3 Å². The second-order valence-electron chi connectivity index (χ2n) is 5.45. The molecule has 0 atom stereocenters. The molecule has 1 aliphatic carbocycles. The summed E-state index contributed by atoms with van der Waals surface area (Å²) in [7, 11) is 1.62. The summed E-state index contributed by atoms with van der Waals surface area (Å²) in [5.74, 6) is 2.55. The zero-order chi connectivity index (χ0) is 15.4. The monoisotopic (exact) mass is 301 g/mol. The van der Waals surface area contributed by atoms with E-state index in [2.05, 4.69) is 15.5 Å². The minimum absolute atomic E-state index is 0.0333. The van der Waals surface area contributed by atoms with Crippen molar-refractivity contribution in [2.45, 2.75) is 38.1 Å². The molecular formula is C16H19N3O3. The lowest BCUT2D eigenvalue weighted by Crippen LogP contribution is -2.23. The number of hydrogen-bond donors (Lipinski definition) is 1. The van der Waals surface area contributed by atoms with Crippen molar-refractivity contribution in [3.05, 3.63) is 41.5 Å². The van der Waals surface area contributed by atoms with Crippen molar-refractivity contribution in [1.29, 1.82) is 0 Å². The maximum absolute atomic E-state index is 11.9.